The van der Waals surface area contributed by atoms with Gasteiger partial charge in [-0.15, -0.1) is 0 Å². The van der Waals surface area contributed by atoms with E-state index in [1.54, 1.807) is 0 Å². The fraction of sp³-hybridized carbons (Fsp3) is 0.625. The quantitative estimate of drug-likeness (QED) is 0.594. The highest BCUT2D eigenvalue weighted by Crippen LogP contribution is 2.27. The number of nitrogens with one attached hydrogen (secondary N) is 1. The Kier molecular flexibility index (Phi) is 3.59. The number of thiazole rings is 1. The number of hydrogen-bond acceptors (Lipinski definition) is 6. The lowest BCUT2D eigenvalue weighted by atomic mass is 10.0. The third-order valence-corrected chi connectivity index (χ3v) is 2.72. The van der Waals surface area contributed by atoms with Crippen LogP contribution in [0.1, 0.15) is 20.3 Å². The number of aromatic nitrogens is 1. The summed E-state index contributed by atoms with van der Waals surface area (Å²) in [7, 11) is 0. The molecule has 0 unspecified atom stereocenters. The van der Waals surface area contributed by atoms with Crippen molar-refractivity contribution < 1.29 is 10.0 Å². The average molecular weight is 231 g/mol. The number of rotatable bonds is 5. The molecule has 1 aromatic heterocycles. The third kappa shape index (κ3) is 3.45. The van der Waals surface area contributed by atoms with Crippen LogP contribution in [0, 0.1) is 10.1 Å². The topological polar surface area (TPSA) is 88.3 Å². The smallest absolute Gasteiger partial charge is 0.345 e. The highest BCUT2D eigenvalue weighted by molar-refractivity contribution is 7.18. The van der Waals surface area contributed by atoms with Crippen molar-refractivity contribution in [1.82, 2.24) is 4.98 Å². The minimum absolute atomic E-state index is 0.0114. The molecule has 15 heavy (non-hydrogen) atoms. The lowest BCUT2D eigenvalue weighted by Gasteiger charge is -2.24. The van der Waals surface area contributed by atoms with Crippen LogP contribution >= 0.6 is 11.3 Å². The molecule has 84 valence electrons. The van der Waals surface area contributed by atoms with Crippen molar-refractivity contribution in [2.24, 2.45) is 0 Å². The number of anilines is 1. The van der Waals surface area contributed by atoms with Gasteiger partial charge >= 0.3 is 5.00 Å². The Morgan fingerprint density at radius 2 is 2.40 bits per heavy atom. The molecular weight excluding hydrogens is 218 g/mol. The van der Waals surface area contributed by atoms with Crippen molar-refractivity contribution in [1.29, 1.82) is 0 Å². The fourth-order valence-electron chi connectivity index (χ4n) is 1.04. The molecule has 2 N–H and O–H groups in total. The minimum atomic E-state index is -0.470. The molecule has 0 saturated heterocycles. The van der Waals surface area contributed by atoms with Crippen molar-refractivity contribution in [3.8, 4) is 0 Å². The maximum atomic E-state index is 10.4. The lowest BCUT2D eigenvalue weighted by molar-refractivity contribution is -0.380. The second-order valence-electron chi connectivity index (χ2n) is 3.74. The molecule has 0 aliphatic rings. The second kappa shape index (κ2) is 4.54. The summed E-state index contributed by atoms with van der Waals surface area (Å²) in [5.41, 5.74) is -0.319. The van der Waals surface area contributed by atoms with Crippen LogP contribution in [-0.2, 0) is 0 Å². The Morgan fingerprint density at radius 1 is 1.73 bits per heavy atom. The summed E-state index contributed by atoms with van der Waals surface area (Å²) in [6.07, 6.45) is 1.78. The summed E-state index contributed by atoms with van der Waals surface area (Å²) in [6.45, 7) is 3.86. The Labute approximate surface area is 91.1 Å². The van der Waals surface area contributed by atoms with Crippen LogP contribution in [-0.4, -0.2) is 27.2 Å². The number of nitro groups is 1. The summed E-state index contributed by atoms with van der Waals surface area (Å²) in [6, 6.07) is 0. The first-order valence-corrected chi connectivity index (χ1v) is 5.25. The van der Waals surface area contributed by atoms with E-state index in [9.17, 15) is 10.1 Å². The Bertz CT molecular complexity index is 351. The maximum Gasteiger partial charge on any atom is 0.345 e. The van der Waals surface area contributed by atoms with Gasteiger partial charge in [0.25, 0.3) is 0 Å². The largest absolute Gasteiger partial charge is 0.396 e. The molecule has 0 aromatic carbocycles. The monoisotopic (exact) mass is 231 g/mol. The van der Waals surface area contributed by atoms with Gasteiger partial charge < -0.3 is 10.4 Å². The van der Waals surface area contributed by atoms with Crippen molar-refractivity contribution >= 4 is 21.5 Å². The van der Waals surface area contributed by atoms with E-state index >= 15 is 0 Å². The molecular formula is C8H13N3O3S. The SMILES string of the molecule is CC(C)(CCO)Nc1ncc([N+](=O)[O-])s1. The predicted molar refractivity (Wildman–Crippen MR) is 58.2 cm³/mol. The molecule has 0 aliphatic carbocycles. The standard InChI is InChI=1S/C8H13N3O3S/c1-8(2,3-4-12)10-7-9-5-6(15-7)11(13)14/h5,12H,3-4H2,1-2H3,(H,9,10). The summed E-state index contributed by atoms with van der Waals surface area (Å²) in [5.74, 6) is 0. The van der Waals surface area contributed by atoms with Crippen LogP contribution in [0.25, 0.3) is 0 Å². The average Bonchev–Trinajstić information content (AvgIpc) is 2.51. The van der Waals surface area contributed by atoms with Crippen LogP contribution in [0.3, 0.4) is 0 Å². The molecule has 1 rings (SSSR count). The molecule has 0 bridgehead atoms. The van der Waals surface area contributed by atoms with Crippen molar-refractivity contribution in [2.75, 3.05) is 11.9 Å². The number of hydrogen-bond donors (Lipinski definition) is 2. The van der Waals surface area contributed by atoms with Crippen molar-refractivity contribution in [2.45, 2.75) is 25.8 Å². The maximum absolute atomic E-state index is 10.4. The van der Waals surface area contributed by atoms with Gasteiger partial charge in [0.1, 0.15) is 6.20 Å². The summed E-state index contributed by atoms with van der Waals surface area (Å²) < 4.78 is 0. The van der Waals surface area contributed by atoms with E-state index in [-0.39, 0.29) is 17.1 Å². The molecule has 0 spiro atoms. The molecule has 0 amide bonds. The molecule has 1 aromatic rings. The first-order chi connectivity index (χ1) is 6.94. The third-order valence-electron chi connectivity index (χ3n) is 1.86. The fourth-order valence-corrected chi connectivity index (χ4v) is 1.85. The van der Waals surface area contributed by atoms with Gasteiger partial charge in [-0.3, -0.25) is 10.1 Å². The van der Waals surface area contributed by atoms with Crippen LogP contribution in [0.5, 0.6) is 0 Å². The zero-order valence-electron chi connectivity index (χ0n) is 8.56. The Balaban J connectivity index is 2.68. The van der Waals surface area contributed by atoms with Crippen LogP contribution < -0.4 is 5.32 Å². The van der Waals surface area contributed by atoms with E-state index in [0.717, 1.165) is 11.3 Å². The van der Waals surface area contributed by atoms with Gasteiger partial charge in [-0.05, 0) is 31.6 Å². The molecule has 0 saturated carbocycles. The van der Waals surface area contributed by atoms with E-state index < -0.39 is 4.92 Å². The molecule has 0 fully saturated rings. The highest BCUT2D eigenvalue weighted by Gasteiger charge is 2.20. The van der Waals surface area contributed by atoms with Gasteiger partial charge in [-0.25, -0.2) is 4.98 Å². The molecule has 0 atom stereocenters. The van der Waals surface area contributed by atoms with Gasteiger partial charge in [-0.2, -0.15) is 0 Å². The summed E-state index contributed by atoms with van der Waals surface area (Å²) in [4.78, 5) is 13.8. The van der Waals surface area contributed by atoms with Gasteiger partial charge in [0, 0.05) is 12.1 Å². The van der Waals surface area contributed by atoms with E-state index in [2.05, 4.69) is 10.3 Å². The van der Waals surface area contributed by atoms with Crippen LogP contribution in [0.15, 0.2) is 6.20 Å². The molecule has 6 nitrogen and oxygen atoms in total. The van der Waals surface area contributed by atoms with E-state index in [1.165, 1.54) is 6.20 Å². The Hall–Kier alpha value is -1.21. The normalized spacial score (nSPS) is 11.4. The van der Waals surface area contributed by atoms with Crippen LogP contribution in [0.2, 0.25) is 0 Å². The Morgan fingerprint density at radius 3 is 2.87 bits per heavy atom. The lowest BCUT2D eigenvalue weighted by Crippen LogP contribution is -2.31. The van der Waals surface area contributed by atoms with Gasteiger partial charge in [0.05, 0.1) is 4.92 Å². The first-order valence-electron chi connectivity index (χ1n) is 4.44. The summed E-state index contributed by atoms with van der Waals surface area (Å²) >= 11 is 0.991. The summed E-state index contributed by atoms with van der Waals surface area (Å²) in [5, 5.41) is 22.8. The van der Waals surface area contributed by atoms with Gasteiger partial charge in [0.15, 0.2) is 5.13 Å². The van der Waals surface area contributed by atoms with E-state index in [0.29, 0.717) is 11.6 Å². The minimum Gasteiger partial charge on any atom is -0.396 e. The highest BCUT2D eigenvalue weighted by atomic mass is 32.1. The molecule has 0 radical (unpaired) electrons. The molecule has 0 aliphatic heterocycles. The van der Waals surface area contributed by atoms with Gasteiger partial charge in [0.2, 0.25) is 0 Å². The number of aliphatic hydroxyl groups is 1. The molecule has 7 heteroatoms. The second-order valence-corrected chi connectivity index (χ2v) is 4.75. The van der Waals surface area contributed by atoms with Gasteiger partial charge in [-0.1, -0.05) is 0 Å². The molecule has 1 heterocycles. The van der Waals surface area contributed by atoms with Crippen molar-refractivity contribution in [3.63, 3.8) is 0 Å². The zero-order valence-corrected chi connectivity index (χ0v) is 9.37. The number of aliphatic hydroxyl groups excluding tert-OH is 1. The van der Waals surface area contributed by atoms with Crippen molar-refractivity contribution in [3.05, 3.63) is 16.3 Å². The predicted octanol–water partition coefficient (Wildman–Crippen LogP) is 1.62. The van der Waals surface area contributed by atoms with E-state index in [4.69, 9.17) is 5.11 Å². The number of nitrogens with zero attached hydrogens (tertiary/aromatic N) is 2. The zero-order chi connectivity index (χ0) is 11.5. The van der Waals surface area contributed by atoms with E-state index in [1.807, 2.05) is 13.8 Å². The first kappa shape index (κ1) is 11.9. The van der Waals surface area contributed by atoms with Crippen LogP contribution in [0.4, 0.5) is 10.1 Å².